The van der Waals surface area contributed by atoms with Gasteiger partial charge in [-0.15, -0.1) is 0 Å². The number of fused-ring (bicyclic) bond motifs is 14. The zero-order valence-corrected chi connectivity index (χ0v) is 33.6. The molecule has 0 bridgehead atoms. The summed E-state index contributed by atoms with van der Waals surface area (Å²) in [6.07, 6.45) is 0. The van der Waals surface area contributed by atoms with E-state index in [9.17, 15) is 0 Å². The second-order valence-electron chi connectivity index (χ2n) is 16.4. The molecule has 0 radical (unpaired) electrons. The van der Waals surface area contributed by atoms with E-state index in [2.05, 4.69) is 144 Å². The van der Waals surface area contributed by atoms with E-state index in [1.165, 1.54) is 43.4 Å². The van der Waals surface area contributed by atoms with Crippen LogP contribution in [0.4, 0.5) is 0 Å². The van der Waals surface area contributed by atoms with Crippen LogP contribution < -0.4 is 0 Å². The quantitative estimate of drug-likeness (QED) is 0.177. The number of hydrogen-bond donors (Lipinski definition) is 0. The van der Waals surface area contributed by atoms with Gasteiger partial charge in [0.15, 0.2) is 17.5 Å². The maximum Gasteiger partial charge on any atom is 0.164 e. The first-order chi connectivity index (χ1) is 31.2. The summed E-state index contributed by atoms with van der Waals surface area (Å²) in [5, 5.41) is 14.0. The summed E-state index contributed by atoms with van der Waals surface area (Å²) in [7, 11) is 0. The van der Waals surface area contributed by atoms with Crippen molar-refractivity contribution in [1.29, 1.82) is 0 Å². The van der Waals surface area contributed by atoms with Gasteiger partial charge in [-0.25, -0.2) is 15.0 Å². The van der Waals surface area contributed by atoms with Crippen molar-refractivity contribution in [1.82, 2.24) is 19.5 Å². The Bertz CT molecular complexity index is 4220. The normalized spacial score (nSPS) is 12.1. The van der Waals surface area contributed by atoms with Gasteiger partial charge in [0.2, 0.25) is 0 Å². The standard InChI is InChI=1S/C57H32N4O2/c1-2-11-34(12-3-1)55-58-56(38-18-23-44-43-16-8-9-17-49(43)62-51(44)31-38)60-57(59-55)39-19-24-45-52(32-39)63-50-27-21-37-28-40(22-25-42(37)54(45)50)61-47-26-20-33-10-6-7-15-41(33)53(47)46-29-35-13-4-5-14-36(35)30-48(46)61/h1-32H. The maximum absolute atomic E-state index is 6.64. The average molecular weight is 805 g/mol. The first kappa shape index (κ1) is 34.1. The predicted octanol–water partition coefficient (Wildman–Crippen LogP) is 15.2. The number of para-hydroxylation sites is 1. The van der Waals surface area contributed by atoms with Crippen molar-refractivity contribution in [2.45, 2.75) is 0 Å². The molecule has 292 valence electrons. The second-order valence-corrected chi connectivity index (χ2v) is 16.4. The minimum absolute atomic E-state index is 0.562. The average Bonchev–Trinajstić information content (AvgIpc) is 4.02. The van der Waals surface area contributed by atoms with E-state index < -0.39 is 0 Å². The molecule has 0 aliphatic rings. The lowest BCUT2D eigenvalue weighted by molar-refractivity contribution is 0.669. The van der Waals surface area contributed by atoms with Crippen molar-refractivity contribution in [3.05, 3.63) is 194 Å². The van der Waals surface area contributed by atoms with Crippen molar-refractivity contribution in [2.24, 2.45) is 0 Å². The molecule has 0 N–H and O–H groups in total. The smallest absolute Gasteiger partial charge is 0.164 e. The van der Waals surface area contributed by atoms with Gasteiger partial charge in [-0.05, 0) is 99.0 Å². The van der Waals surface area contributed by atoms with Gasteiger partial charge in [0.1, 0.15) is 22.3 Å². The summed E-state index contributed by atoms with van der Waals surface area (Å²) in [5.74, 6) is 1.72. The Morgan fingerprint density at radius 1 is 0.302 bits per heavy atom. The maximum atomic E-state index is 6.64. The molecule has 0 saturated carbocycles. The highest BCUT2D eigenvalue weighted by Gasteiger charge is 2.20. The van der Waals surface area contributed by atoms with Crippen LogP contribution in [-0.2, 0) is 0 Å². The summed E-state index contributed by atoms with van der Waals surface area (Å²) in [5.41, 5.74) is 9.32. The number of benzene rings is 10. The minimum atomic E-state index is 0.562. The van der Waals surface area contributed by atoms with Gasteiger partial charge < -0.3 is 13.4 Å². The van der Waals surface area contributed by atoms with E-state index in [0.717, 1.165) is 77.0 Å². The molecule has 6 nitrogen and oxygen atoms in total. The van der Waals surface area contributed by atoms with E-state index in [1.807, 2.05) is 54.6 Å². The van der Waals surface area contributed by atoms with Crippen LogP contribution in [0, 0.1) is 0 Å². The van der Waals surface area contributed by atoms with Gasteiger partial charge in [-0.1, -0.05) is 127 Å². The molecule has 0 fully saturated rings. The van der Waals surface area contributed by atoms with Crippen molar-refractivity contribution in [3.63, 3.8) is 0 Å². The molecule has 0 amide bonds. The molecule has 0 atom stereocenters. The Labute approximate surface area is 358 Å². The fraction of sp³-hybridized carbons (Fsp3) is 0. The van der Waals surface area contributed by atoms with Crippen LogP contribution in [0.15, 0.2) is 203 Å². The number of nitrogens with zero attached hydrogens (tertiary/aromatic N) is 4. The van der Waals surface area contributed by atoms with Crippen LogP contribution in [0.1, 0.15) is 0 Å². The molecule has 10 aromatic carbocycles. The summed E-state index contributed by atoms with van der Waals surface area (Å²) in [4.78, 5) is 15.1. The summed E-state index contributed by atoms with van der Waals surface area (Å²) in [6.45, 7) is 0. The summed E-state index contributed by atoms with van der Waals surface area (Å²) in [6, 6.07) is 68.2. The van der Waals surface area contributed by atoms with Gasteiger partial charge in [0.25, 0.3) is 0 Å². The lowest BCUT2D eigenvalue weighted by Gasteiger charge is -2.11. The number of hydrogen-bond acceptors (Lipinski definition) is 5. The van der Waals surface area contributed by atoms with Crippen molar-refractivity contribution >= 4 is 98.0 Å². The highest BCUT2D eigenvalue weighted by molar-refractivity contribution is 6.24. The molecular formula is C57H32N4O2. The molecule has 63 heavy (non-hydrogen) atoms. The number of rotatable bonds is 4. The first-order valence-corrected chi connectivity index (χ1v) is 21.2. The monoisotopic (exact) mass is 804 g/mol. The zero-order chi connectivity index (χ0) is 41.2. The van der Waals surface area contributed by atoms with Gasteiger partial charge in [0, 0.05) is 54.7 Å². The van der Waals surface area contributed by atoms with E-state index in [-0.39, 0.29) is 0 Å². The van der Waals surface area contributed by atoms with Crippen molar-refractivity contribution in [3.8, 4) is 39.9 Å². The van der Waals surface area contributed by atoms with E-state index >= 15 is 0 Å². The lowest BCUT2D eigenvalue weighted by atomic mass is 10.0. The van der Waals surface area contributed by atoms with Crippen molar-refractivity contribution < 1.29 is 8.83 Å². The Morgan fingerprint density at radius 3 is 1.70 bits per heavy atom. The van der Waals surface area contributed by atoms with Gasteiger partial charge in [0.05, 0.1) is 11.0 Å². The van der Waals surface area contributed by atoms with Gasteiger partial charge >= 0.3 is 0 Å². The first-order valence-electron chi connectivity index (χ1n) is 21.2. The van der Waals surface area contributed by atoms with E-state index in [0.29, 0.717) is 17.5 Å². The fourth-order valence-electron chi connectivity index (χ4n) is 9.84. The lowest BCUT2D eigenvalue weighted by Crippen LogP contribution is -2.00. The van der Waals surface area contributed by atoms with Crippen LogP contribution in [0.2, 0.25) is 0 Å². The van der Waals surface area contributed by atoms with Gasteiger partial charge in [-0.3, -0.25) is 0 Å². The van der Waals surface area contributed by atoms with E-state index in [4.69, 9.17) is 23.8 Å². The molecule has 14 aromatic rings. The molecule has 6 heteroatoms. The molecule has 4 heterocycles. The van der Waals surface area contributed by atoms with Crippen LogP contribution in [-0.4, -0.2) is 19.5 Å². The third kappa shape index (κ3) is 5.15. The summed E-state index contributed by atoms with van der Waals surface area (Å²) < 4.78 is 15.3. The van der Waals surface area contributed by atoms with Crippen LogP contribution in [0.5, 0.6) is 0 Å². The Morgan fingerprint density at radius 2 is 0.889 bits per heavy atom. The Balaban J connectivity index is 0.914. The highest BCUT2D eigenvalue weighted by atomic mass is 16.3. The van der Waals surface area contributed by atoms with Gasteiger partial charge in [-0.2, -0.15) is 0 Å². The largest absolute Gasteiger partial charge is 0.456 e. The predicted molar refractivity (Wildman–Crippen MR) is 258 cm³/mol. The SMILES string of the molecule is c1ccc(-c2nc(-c3ccc4c(c3)oc3ccccc34)nc(-c3ccc4c(c3)oc3ccc5cc(-n6c7cc8ccccc8cc7c7c8ccccc8ccc76)ccc5c34)n2)cc1. The number of aromatic nitrogens is 4. The molecular weight excluding hydrogens is 773 g/mol. The molecule has 4 aromatic heterocycles. The fourth-order valence-corrected chi connectivity index (χ4v) is 9.84. The van der Waals surface area contributed by atoms with E-state index in [1.54, 1.807) is 0 Å². The molecule has 0 saturated heterocycles. The zero-order valence-electron chi connectivity index (χ0n) is 33.6. The molecule has 0 aliphatic heterocycles. The Kier molecular flexibility index (Phi) is 7.02. The third-order valence-electron chi connectivity index (χ3n) is 12.8. The van der Waals surface area contributed by atoms with Crippen LogP contribution in [0.25, 0.3) is 138 Å². The minimum Gasteiger partial charge on any atom is -0.456 e. The summed E-state index contributed by atoms with van der Waals surface area (Å²) >= 11 is 0. The topological polar surface area (TPSA) is 69.9 Å². The molecule has 0 unspecified atom stereocenters. The molecule has 0 spiro atoms. The van der Waals surface area contributed by atoms with Crippen LogP contribution >= 0.6 is 0 Å². The number of furan rings is 2. The third-order valence-corrected chi connectivity index (χ3v) is 12.8. The highest BCUT2D eigenvalue weighted by Crippen LogP contribution is 2.42. The Hall–Kier alpha value is -8.61. The van der Waals surface area contributed by atoms with Crippen molar-refractivity contribution in [2.75, 3.05) is 0 Å². The second kappa shape index (κ2) is 12.9. The van der Waals surface area contributed by atoms with Crippen LogP contribution in [0.3, 0.4) is 0 Å². The molecule has 0 aliphatic carbocycles. The molecule has 14 rings (SSSR count).